The lowest BCUT2D eigenvalue weighted by molar-refractivity contribution is -0.0436. The van der Waals surface area contributed by atoms with Crippen molar-refractivity contribution in [2.75, 3.05) is 0 Å². The lowest BCUT2D eigenvalue weighted by Crippen LogP contribution is -2.25. The van der Waals surface area contributed by atoms with E-state index in [9.17, 15) is 26.0 Å². The molecule has 0 bridgehead atoms. The highest BCUT2D eigenvalue weighted by Crippen LogP contribution is 2.36. The van der Waals surface area contributed by atoms with E-state index in [0.717, 1.165) is 12.1 Å². The molecule has 0 N–H and O–H groups in total. The first-order valence-electron chi connectivity index (χ1n) is 5.23. The Kier molecular flexibility index (Phi) is 4.51. The molecule has 0 saturated heterocycles. The molecule has 8 heteroatoms. The highest BCUT2D eigenvalue weighted by molar-refractivity contribution is 7.92. The van der Waals surface area contributed by atoms with Crippen LogP contribution in [0.1, 0.15) is 25.3 Å². The Bertz CT molecular complexity index is 567. The van der Waals surface area contributed by atoms with E-state index in [1.807, 2.05) is 0 Å². The Morgan fingerprint density at radius 3 is 2.16 bits per heavy atom. The van der Waals surface area contributed by atoms with Crippen molar-refractivity contribution in [3.63, 3.8) is 0 Å². The van der Waals surface area contributed by atoms with Crippen LogP contribution in [0.25, 0.3) is 0 Å². The third-order valence-electron chi connectivity index (χ3n) is 2.75. The van der Waals surface area contributed by atoms with E-state index in [2.05, 4.69) is 0 Å². The van der Waals surface area contributed by atoms with Crippen molar-refractivity contribution in [2.24, 2.45) is 0 Å². The van der Waals surface area contributed by atoms with Crippen LogP contribution in [0, 0.1) is 5.82 Å². The Morgan fingerprint density at radius 2 is 1.74 bits per heavy atom. The molecule has 0 aliphatic rings. The van der Waals surface area contributed by atoms with Gasteiger partial charge in [0.1, 0.15) is 5.82 Å². The molecule has 1 aromatic carbocycles. The second kappa shape index (κ2) is 5.28. The van der Waals surface area contributed by atoms with E-state index in [1.54, 1.807) is 0 Å². The third-order valence-corrected chi connectivity index (χ3v) is 4.67. The molecule has 1 aromatic rings. The summed E-state index contributed by atoms with van der Waals surface area (Å²) < 4.78 is 73.6. The van der Waals surface area contributed by atoms with Gasteiger partial charge in [-0.2, -0.15) is 13.2 Å². The number of rotatable bonds is 3. The fraction of sp³-hybridized carbons (Fsp3) is 0.455. The van der Waals surface area contributed by atoms with E-state index in [4.69, 9.17) is 11.6 Å². The van der Waals surface area contributed by atoms with Crippen molar-refractivity contribution in [1.82, 2.24) is 0 Å². The van der Waals surface area contributed by atoms with Crippen LogP contribution in [0.2, 0.25) is 0 Å². The number of halogens is 5. The SMILES string of the molecule is CC(Cl)C(C)c1ccc(F)cc1S(=O)(=O)C(F)(F)F. The Hall–Kier alpha value is -0.820. The molecule has 0 heterocycles. The minimum absolute atomic E-state index is 0.152. The van der Waals surface area contributed by atoms with Crippen molar-refractivity contribution in [2.45, 2.75) is 35.5 Å². The largest absolute Gasteiger partial charge is 0.501 e. The van der Waals surface area contributed by atoms with Crippen molar-refractivity contribution < 1.29 is 26.0 Å². The van der Waals surface area contributed by atoms with Gasteiger partial charge in [-0.3, -0.25) is 0 Å². The summed E-state index contributed by atoms with van der Waals surface area (Å²) in [7, 11) is -5.61. The highest BCUT2D eigenvalue weighted by atomic mass is 35.5. The van der Waals surface area contributed by atoms with Gasteiger partial charge < -0.3 is 0 Å². The minimum atomic E-state index is -5.61. The van der Waals surface area contributed by atoms with Crippen LogP contribution in [0.15, 0.2) is 23.1 Å². The van der Waals surface area contributed by atoms with Gasteiger partial charge >= 0.3 is 5.51 Å². The molecule has 0 spiro atoms. The van der Waals surface area contributed by atoms with Gasteiger partial charge in [-0.05, 0) is 30.5 Å². The quantitative estimate of drug-likeness (QED) is 0.626. The van der Waals surface area contributed by atoms with Crippen molar-refractivity contribution in [3.8, 4) is 0 Å². The van der Waals surface area contributed by atoms with Gasteiger partial charge in [0, 0.05) is 5.38 Å². The third kappa shape index (κ3) is 3.20. The fourth-order valence-electron chi connectivity index (χ4n) is 1.49. The van der Waals surface area contributed by atoms with Crippen LogP contribution >= 0.6 is 11.6 Å². The van der Waals surface area contributed by atoms with Crippen LogP contribution in [0.4, 0.5) is 17.6 Å². The van der Waals surface area contributed by atoms with Gasteiger partial charge in [0.2, 0.25) is 0 Å². The van der Waals surface area contributed by atoms with Gasteiger partial charge in [-0.1, -0.05) is 13.0 Å². The van der Waals surface area contributed by atoms with E-state index < -0.39 is 37.4 Å². The first kappa shape index (κ1) is 16.2. The normalized spacial score (nSPS) is 16.2. The minimum Gasteiger partial charge on any atom is -0.214 e. The predicted molar refractivity (Wildman–Crippen MR) is 63.4 cm³/mol. The first-order chi connectivity index (χ1) is 8.48. The van der Waals surface area contributed by atoms with Crippen LogP contribution < -0.4 is 0 Å². The van der Waals surface area contributed by atoms with Crippen LogP contribution in [-0.2, 0) is 9.84 Å². The van der Waals surface area contributed by atoms with Gasteiger partial charge in [-0.15, -0.1) is 11.6 Å². The van der Waals surface area contributed by atoms with E-state index in [1.165, 1.54) is 13.8 Å². The Morgan fingerprint density at radius 1 is 1.21 bits per heavy atom. The fourth-order valence-corrected chi connectivity index (χ4v) is 2.71. The lowest BCUT2D eigenvalue weighted by atomic mass is 9.98. The molecule has 0 aromatic heterocycles. The average Bonchev–Trinajstić information content (AvgIpc) is 2.26. The molecule has 0 aliphatic heterocycles. The summed E-state index contributed by atoms with van der Waals surface area (Å²) in [6.45, 7) is 2.99. The van der Waals surface area contributed by atoms with E-state index in [0.29, 0.717) is 6.07 Å². The zero-order chi connectivity index (χ0) is 15.0. The molecule has 0 aliphatic carbocycles. The summed E-state index contributed by atoms with van der Waals surface area (Å²) in [5, 5.41) is -0.604. The van der Waals surface area contributed by atoms with Crippen LogP contribution in [0.5, 0.6) is 0 Å². The number of hydrogen-bond donors (Lipinski definition) is 0. The van der Waals surface area contributed by atoms with Gasteiger partial charge in [0.25, 0.3) is 9.84 Å². The maximum absolute atomic E-state index is 13.1. The van der Waals surface area contributed by atoms with Crippen molar-refractivity contribution in [3.05, 3.63) is 29.6 Å². The molecule has 0 saturated carbocycles. The van der Waals surface area contributed by atoms with Gasteiger partial charge in [0.05, 0.1) is 4.90 Å². The summed E-state index contributed by atoms with van der Waals surface area (Å²) in [6.07, 6.45) is 0. The Balaban J connectivity index is 3.55. The predicted octanol–water partition coefficient (Wildman–Crippen LogP) is 3.85. The molecule has 19 heavy (non-hydrogen) atoms. The summed E-state index contributed by atoms with van der Waals surface area (Å²) in [6, 6.07) is 2.28. The number of sulfone groups is 1. The lowest BCUT2D eigenvalue weighted by Gasteiger charge is -2.19. The molecule has 2 unspecified atom stereocenters. The van der Waals surface area contributed by atoms with E-state index >= 15 is 0 Å². The Labute approximate surface area is 113 Å². The van der Waals surface area contributed by atoms with Crippen LogP contribution in [0.3, 0.4) is 0 Å². The molecular formula is C11H11ClF4O2S. The van der Waals surface area contributed by atoms with Crippen molar-refractivity contribution in [1.29, 1.82) is 0 Å². The summed E-state index contributed by atoms with van der Waals surface area (Å²) in [5.74, 6) is -1.73. The maximum atomic E-state index is 13.1. The van der Waals surface area contributed by atoms with Crippen LogP contribution in [-0.4, -0.2) is 19.3 Å². The van der Waals surface area contributed by atoms with E-state index in [-0.39, 0.29) is 5.56 Å². The number of benzene rings is 1. The standard InChI is InChI=1S/C11H11ClF4O2S/c1-6(7(2)12)9-4-3-8(13)5-10(9)19(17,18)11(14,15)16/h3-7H,1-2H3. The van der Waals surface area contributed by atoms with Gasteiger partial charge in [0.15, 0.2) is 0 Å². The molecule has 1 rings (SSSR count). The molecule has 0 fully saturated rings. The maximum Gasteiger partial charge on any atom is 0.501 e. The zero-order valence-electron chi connectivity index (χ0n) is 10.0. The second-order valence-electron chi connectivity index (χ2n) is 4.10. The number of alkyl halides is 4. The second-order valence-corrected chi connectivity index (χ2v) is 6.70. The number of hydrogen-bond acceptors (Lipinski definition) is 2. The molecule has 2 nitrogen and oxygen atoms in total. The highest BCUT2D eigenvalue weighted by Gasteiger charge is 2.48. The molecule has 2 atom stereocenters. The zero-order valence-corrected chi connectivity index (χ0v) is 11.6. The molecule has 0 amide bonds. The molecule has 0 radical (unpaired) electrons. The average molecular weight is 319 g/mol. The first-order valence-corrected chi connectivity index (χ1v) is 7.15. The topological polar surface area (TPSA) is 34.1 Å². The summed E-state index contributed by atoms with van der Waals surface area (Å²) >= 11 is 5.77. The summed E-state index contributed by atoms with van der Waals surface area (Å²) in [5.41, 5.74) is -5.63. The molecular weight excluding hydrogens is 308 g/mol. The monoisotopic (exact) mass is 318 g/mol. The van der Waals surface area contributed by atoms with Crippen molar-refractivity contribution >= 4 is 21.4 Å². The summed E-state index contributed by atoms with van der Waals surface area (Å²) in [4.78, 5) is -1.08. The smallest absolute Gasteiger partial charge is 0.214 e. The molecule has 108 valence electrons. The van der Waals surface area contributed by atoms with Gasteiger partial charge in [-0.25, -0.2) is 12.8 Å².